The summed E-state index contributed by atoms with van der Waals surface area (Å²) in [6.07, 6.45) is 0. The third-order valence-electron chi connectivity index (χ3n) is 4.57. The third-order valence-corrected chi connectivity index (χ3v) is 8.71. The van der Waals surface area contributed by atoms with Crippen molar-refractivity contribution >= 4 is 74.8 Å². The minimum absolute atomic E-state index is 0.0592. The summed E-state index contributed by atoms with van der Waals surface area (Å²) in [5.41, 5.74) is 5.60. The number of amides is 2. The van der Waals surface area contributed by atoms with E-state index >= 15 is 0 Å². The Hall–Kier alpha value is -2.73. The topological polar surface area (TPSA) is 204 Å². The van der Waals surface area contributed by atoms with Gasteiger partial charge in [0.1, 0.15) is 27.8 Å². The van der Waals surface area contributed by atoms with Crippen LogP contribution in [0.15, 0.2) is 26.1 Å². The predicted octanol–water partition coefficient (Wildman–Crippen LogP) is -0.222. The SMILES string of the molecule is Nc1nc(C(=NO)C(=O)NC2C(=O)N3C(C(=O)O)=C(CSc4nnc(CO)s4)CS[C@H]23)cs1. The van der Waals surface area contributed by atoms with Crippen molar-refractivity contribution in [2.45, 2.75) is 22.4 Å². The standard InChI is InChI=1S/C16H15N7O6S4/c17-15-18-6(4-31-15)8(22-29)11(25)19-9-12(26)23-10(14(27)28)5(2-30-13(9)23)3-32-16-21-20-7(1-24)33-16/h4,9,13,24,29H,1-3H2,(H2,17,18)(H,19,25)(H,27,28)/t9?,13-/m1/s1. The van der Waals surface area contributed by atoms with Crippen molar-refractivity contribution < 1.29 is 29.8 Å². The lowest BCUT2D eigenvalue weighted by Crippen LogP contribution is -2.71. The molecule has 0 spiro atoms. The van der Waals surface area contributed by atoms with E-state index in [9.17, 15) is 24.7 Å². The fraction of sp³-hybridized carbons (Fsp3) is 0.312. The number of carbonyl (C=O) groups excluding carboxylic acids is 2. The van der Waals surface area contributed by atoms with Gasteiger partial charge in [0.15, 0.2) is 15.2 Å². The predicted molar refractivity (Wildman–Crippen MR) is 121 cm³/mol. The van der Waals surface area contributed by atoms with Crippen molar-refractivity contribution in [3.63, 3.8) is 0 Å². The van der Waals surface area contributed by atoms with Crippen LogP contribution in [-0.2, 0) is 21.0 Å². The maximum atomic E-state index is 12.8. The van der Waals surface area contributed by atoms with Crippen molar-refractivity contribution in [2.75, 3.05) is 17.2 Å². The second kappa shape index (κ2) is 9.64. The number of nitrogens with two attached hydrogens (primary N) is 1. The number of nitrogens with one attached hydrogen (secondary N) is 1. The number of aliphatic hydroxyl groups excluding tert-OH is 1. The Labute approximate surface area is 201 Å². The number of carboxylic acids is 1. The molecule has 2 atom stereocenters. The Balaban J connectivity index is 1.47. The Morgan fingerprint density at radius 1 is 1.39 bits per heavy atom. The molecule has 2 aromatic heterocycles. The first-order chi connectivity index (χ1) is 15.8. The number of fused-ring (bicyclic) bond motifs is 1. The Morgan fingerprint density at radius 3 is 2.79 bits per heavy atom. The zero-order chi connectivity index (χ0) is 23.7. The summed E-state index contributed by atoms with van der Waals surface area (Å²) < 4.78 is 0.571. The monoisotopic (exact) mass is 529 g/mol. The fourth-order valence-electron chi connectivity index (χ4n) is 3.12. The van der Waals surface area contributed by atoms with Gasteiger partial charge in [-0.1, -0.05) is 28.3 Å². The van der Waals surface area contributed by atoms with Crippen molar-refractivity contribution in [2.24, 2.45) is 5.16 Å². The number of carbonyl (C=O) groups is 3. The lowest BCUT2D eigenvalue weighted by Gasteiger charge is -2.49. The van der Waals surface area contributed by atoms with E-state index < -0.39 is 34.9 Å². The van der Waals surface area contributed by atoms with E-state index in [-0.39, 0.29) is 28.9 Å². The number of aliphatic hydroxyl groups is 1. The van der Waals surface area contributed by atoms with Gasteiger partial charge in [-0.15, -0.1) is 33.3 Å². The summed E-state index contributed by atoms with van der Waals surface area (Å²) in [6, 6.07) is -0.992. The van der Waals surface area contributed by atoms with Crippen LogP contribution in [0.1, 0.15) is 10.7 Å². The van der Waals surface area contributed by atoms with Gasteiger partial charge in [0.2, 0.25) is 0 Å². The van der Waals surface area contributed by atoms with Gasteiger partial charge >= 0.3 is 5.97 Å². The molecule has 2 aliphatic heterocycles. The second-order valence-electron chi connectivity index (χ2n) is 6.55. The minimum Gasteiger partial charge on any atom is -0.477 e. The minimum atomic E-state index is -1.25. The van der Waals surface area contributed by atoms with E-state index in [1.165, 1.54) is 40.2 Å². The molecule has 174 valence electrons. The van der Waals surface area contributed by atoms with Gasteiger partial charge < -0.3 is 26.5 Å². The molecule has 1 saturated heterocycles. The molecule has 4 heterocycles. The zero-order valence-corrected chi connectivity index (χ0v) is 19.6. The van der Waals surface area contributed by atoms with Gasteiger partial charge in [0, 0.05) is 16.9 Å². The quantitative estimate of drug-likeness (QED) is 0.0989. The van der Waals surface area contributed by atoms with Crippen molar-refractivity contribution in [3.05, 3.63) is 27.4 Å². The smallest absolute Gasteiger partial charge is 0.352 e. The number of hydrogen-bond acceptors (Lipinski definition) is 14. The molecule has 0 aliphatic carbocycles. The summed E-state index contributed by atoms with van der Waals surface area (Å²) in [5.74, 6) is -2.08. The van der Waals surface area contributed by atoms with Gasteiger partial charge in [0.25, 0.3) is 11.8 Å². The highest BCUT2D eigenvalue weighted by molar-refractivity contribution is 8.01. The maximum Gasteiger partial charge on any atom is 0.352 e. The number of nitrogens with zero attached hydrogens (tertiary/aromatic N) is 5. The molecule has 33 heavy (non-hydrogen) atoms. The number of oxime groups is 1. The average Bonchev–Trinajstić information content (AvgIpc) is 3.44. The van der Waals surface area contributed by atoms with Crippen LogP contribution in [0.5, 0.6) is 0 Å². The number of aromatic nitrogens is 3. The number of thioether (sulfide) groups is 2. The molecule has 17 heteroatoms. The zero-order valence-electron chi connectivity index (χ0n) is 16.4. The first-order valence-electron chi connectivity index (χ1n) is 9.04. The summed E-state index contributed by atoms with van der Waals surface area (Å²) in [5, 5.41) is 42.7. The maximum absolute atomic E-state index is 12.8. The van der Waals surface area contributed by atoms with Crippen LogP contribution < -0.4 is 11.1 Å². The molecule has 2 amide bonds. The first kappa shape index (κ1) is 23.4. The van der Waals surface area contributed by atoms with Gasteiger partial charge in [0.05, 0.1) is 6.61 Å². The molecule has 13 nitrogen and oxygen atoms in total. The van der Waals surface area contributed by atoms with Crippen LogP contribution in [0.4, 0.5) is 5.13 Å². The number of anilines is 1. The lowest BCUT2D eigenvalue weighted by atomic mass is 10.0. The average molecular weight is 530 g/mol. The Kier molecular flexibility index (Phi) is 6.84. The molecule has 1 unspecified atom stereocenters. The molecule has 0 aromatic carbocycles. The van der Waals surface area contributed by atoms with Gasteiger partial charge in [-0.3, -0.25) is 14.5 Å². The van der Waals surface area contributed by atoms with E-state index in [0.717, 1.165) is 16.2 Å². The summed E-state index contributed by atoms with van der Waals surface area (Å²) in [7, 11) is 0. The largest absolute Gasteiger partial charge is 0.477 e. The van der Waals surface area contributed by atoms with Crippen molar-refractivity contribution in [1.82, 2.24) is 25.4 Å². The number of hydrogen-bond donors (Lipinski definition) is 5. The lowest BCUT2D eigenvalue weighted by molar-refractivity contribution is -0.150. The molecular weight excluding hydrogens is 514 g/mol. The summed E-state index contributed by atoms with van der Waals surface area (Å²) in [4.78, 5) is 42.3. The normalized spacial score (nSPS) is 20.5. The summed E-state index contributed by atoms with van der Waals surface area (Å²) >= 11 is 4.83. The molecule has 1 fully saturated rings. The Morgan fingerprint density at radius 2 is 2.18 bits per heavy atom. The number of rotatable bonds is 8. The van der Waals surface area contributed by atoms with Crippen LogP contribution in [0.2, 0.25) is 0 Å². The molecule has 2 aliphatic rings. The highest BCUT2D eigenvalue weighted by atomic mass is 32.2. The molecule has 2 aromatic rings. The van der Waals surface area contributed by atoms with E-state index in [1.807, 2.05) is 0 Å². The van der Waals surface area contributed by atoms with Gasteiger partial charge in [-0.2, -0.15) is 0 Å². The number of β-lactam (4-membered cyclic amide) rings is 1. The number of aliphatic carboxylic acids is 1. The third kappa shape index (κ3) is 4.54. The van der Waals surface area contributed by atoms with Gasteiger partial charge in [-0.05, 0) is 5.57 Å². The van der Waals surface area contributed by atoms with Crippen molar-refractivity contribution in [1.29, 1.82) is 0 Å². The van der Waals surface area contributed by atoms with E-state index in [2.05, 4.69) is 25.7 Å². The number of thiazole rings is 1. The highest BCUT2D eigenvalue weighted by Crippen LogP contribution is 2.41. The van der Waals surface area contributed by atoms with E-state index in [1.54, 1.807) is 0 Å². The summed E-state index contributed by atoms with van der Waals surface area (Å²) in [6.45, 7) is -0.229. The molecule has 0 bridgehead atoms. The van der Waals surface area contributed by atoms with E-state index in [0.29, 0.717) is 20.7 Å². The first-order valence-corrected chi connectivity index (χ1v) is 12.8. The molecular formula is C16H15N7O6S4. The van der Waals surface area contributed by atoms with Crippen LogP contribution in [0, 0.1) is 0 Å². The van der Waals surface area contributed by atoms with Crippen molar-refractivity contribution in [3.8, 4) is 0 Å². The van der Waals surface area contributed by atoms with Crippen LogP contribution in [0.3, 0.4) is 0 Å². The molecule has 4 rings (SSSR count). The van der Waals surface area contributed by atoms with E-state index in [4.69, 9.17) is 10.8 Å². The van der Waals surface area contributed by atoms with Crippen LogP contribution in [0.25, 0.3) is 0 Å². The number of nitrogen functional groups attached to an aromatic ring is 1. The highest BCUT2D eigenvalue weighted by Gasteiger charge is 2.54. The van der Waals surface area contributed by atoms with Gasteiger partial charge in [-0.25, -0.2) is 9.78 Å². The van der Waals surface area contributed by atoms with Crippen LogP contribution >= 0.6 is 46.2 Å². The second-order valence-corrected chi connectivity index (χ2v) is 10.8. The molecule has 0 saturated carbocycles. The fourth-order valence-corrected chi connectivity index (χ4v) is 6.91. The number of carboxylic acid groups (broad SMARTS) is 1. The molecule has 6 N–H and O–H groups in total. The van der Waals surface area contributed by atoms with Crippen LogP contribution in [-0.4, -0.2) is 81.9 Å². The molecule has 0 radical (unpaired) electrons. The Bertz CT molecular complexity index is 1180.